The summed E-state index contributed by atoms with van der Waals surface area (Å²) >= 11 is 1.66. The molecule has 3 N–H and O–H groups in total. The predicted octanol–water partition coefficient (Wildman–Crippen LogP) is 2.59. The Kier molecular flexibility index (Phi) is 4.92. The SMILES string of the molecule is COc1ncccc1C(Cc1nc(C(C)(C)C)cs1)NN. The predicted molar refractivity (Wildman–Crippen MR) is 85.4 cm³/mol. The van der Waals surface area contributed by atoms with Crippen LogP contribution >= 0.6 is 11.3 Å². The number of nitrogens with two attached hydrogens (primary N) is 1. The number of pyridine rings is 1. The van der Waals surface area contributed by atoms with Gasteiger partial charge in [0.2, 0.25) is 5.88 Å². The summed E-state index contributed by atoms with van der Waals surface area (Å²) in [7, 11) is 1.61. The van der Waals surface area contributed by atoms with Crippen LogP contribution in [-0.2, 0) is 11.8 Å². The highest BCUT2D eigenvalue weighted by atomic mass is 32.1. The molecular formula is C15H22N4OS. The number of hydrogen-bond acceptors (Lipinski definition) is 6. The van der Waals surface area contributed by atoms with Gasteiger partial charge in [0, 0.05) is 29.0 Å². The molecule has 0 aromatic carbocycles. The molecule has 0 saturated heterocycles. The van der Waals surface area contributed by atoms with Crippen molar-refractivity contribution in [2.45, 2.75) is 38.6 Å². The van der Waals surface area contributed by atoms with Crippen LogP contribution < -0.4 is 16.0 Å². The van der Waals surface area contributed by atoms with Gasteiger partial charge in [0.15, 0.2) is 0 Å². The lowest BCUT2D eigenvalue weighted by Crippen LogP contribution is -2.30. The Hall–Kier alpha value is -1.50. The van der Waals surface area contributed by atoms with E-state index < -0.39 is 0 Å². The third-order valence-corrected chi connectivity index (χ3v) is 4.14. The van der Waals surface area contributed by atoms with Gasteiger partial charge in [-0.1, -0.05) is 26.8 Å². The van der Waals surface area contributed by atoms with E-state index in [-0.39, 0.29) is 11.5 Å². The largest absolute Gasteiger partial charge is 0.481 e. The molecule has 2 aromatic rings. The molecule has 1 atom stereocenters. The molecule has 0 amide bonds. The number of nitrogens with one attached hydrogen (secondary N) is 1. The summed E-state index contributed by atoms with van der Waals surface area (Å²) in [6.07, 6.45) is 2.41. The van der Waals surface area contributed by atoms with Crippen molar-refractivity contribution in [3.8, 4) is 5.88 Å². The summed E-state index contributed by atoms with van der Waals surface area (Å²) in [6.45, 7) is 6.48. The Morgan fingerprint density at radius 2 is 2.19 bits per heavy atom. The summed E-state index contributed by atoms with van der Waals surface area (Å²) in [5.74, 6) is 6.30. The van der Waals surface area contributed by atoms with E-state index in [4.69, 9.17) is 15.6 Å². The molecule has 0 aliphatic carbocycles. The minimum Gasteiger partial charge on any atom is -0.481 e. The van der Waals surface area contributed by atoms with E-state index in [0.717, 1.165) is 16.3 Å². The Morgan fingerprint density at radius 3 is 2.76 bits per heavy atom. The lowest BCUT2D eigenvalue weighted by atomic mass is 9.93. The van der Waals surface area contributed by atoms with Gasteiger partial charge in [-0.05, 0) is 6.07 Å². The molecule has 0 aliphatic heterocycles. The maximum Gasteiger partial charge on any atom is 0.217 e. The van der Waals surface area contributed by atoms with Crippen molar-refractivity contribution in [1.29, 1.82) is 0 Å². The van der Waals surface area contributed by atoms with E-state index in [1.807, 2.05) is 12.1 Å². The molecule has 21 heavy (non-hydrogen) atoms. The molecule has 0 bridgehead atoms. The number of hydrogen-bond donors (Lipinski definition) is 2. The van der Waals surface area contributed by atoms with Crippen molar-refractivity contribution in [2.75, 3.05) is 7.11 Å². The molecule has 0 radical (unpaired) electrons. The van der Waals surface area contributed by atoms with E-state index in [1.165, 1.54) is 0 Å². The Morgan fingerprint density at radius 1 is 1.43 bits per heavy atom. The molecule has 2 aromatic heterocycles. The first kappa shape index (κ1) is 15.9. The Balaban J connectivity index is 2.21. The van der Waals surface area contributed by atoms with Crippen molar-refractivity contribution in [1.82, 2.24) is 15.4 Å². The first-order chi connectivity index (χ1) is 9.95. The highest BCUT2D eigenvalue weighted by molar-refractivity contribution is 7.09. The molecule has 0 saturated carbocycles. The molecule has 6 heteroatoms. The summed E-state index contributed by atoms with van der Waals surface area (Å²) in [5.41, 5.74) is 4.95. The fraction of sp³-hybridized carbons (Fsp3) is 0.467. The number of thiazole rings is 1. The summed E-state index contributed by atoms with van der Waals surface area (Å²) in [4.78, 5) is 8.93. The van der Waals surface area contributed by atoms with Crippen LogP contribution in [0.1, 0.15) is 43.1 Å². The lowest BCUT2D eigenvalue weighted by molar-refractivity contribution is 0.382. The van der Waals surface area contributed by atoms with Crippen molar-refractivity contribution in [2.24, 2.45) is 5.84 Å². The molecular weight excluding hydrogens is 284 g/mol. The van der Waals surface area contributed by atoms with E-state index >= 15 is 0 Å². The van der Waals surface area contributed by atoms with Gasteiger partial charge < -0.3 is 4.74 Å². The van der Waals surface area contributed by atoms with Gasteiger partial charge in [-0.3, -0.25) is 11.3 Å². The standard InChI is InChI=1S/C15H22N4OS/c1-15(2,3)12-9-21-13(18-12)8-11(19-16)10-6-5-7-17-14(10)20-4/h5-7,9,11,19H,8,16H2,1-4H3. The molecule has 0 fully saturated rings. The van der Waals surface area contributed by atoms with Gasteiger partial charge in [-0.25, -0.2) is 9.97 Å². The topological polar surface area (TPSA) is 73.1 Å². The van der Waals surface area contributed by atoms with Crippen LogP contribution in [0.4, 0.5) is 0 Å². The van der Waals surface area contributed by atoms with Crippen LogP contribution in [0, 0.1) is 0 Å². The Labute approximate surface area is 129 Å². The molecule has 2 rings (SSSR count). The summed E-state index contributed by atoms with van der Waals surface area (Å²) in [5, 5.41) is 3.16. The molecule has 2 heterocycles. The molecule has 1 unspecified atom stereocenters. The first-order valence-electron chi connectivity index (χ1n) is 6.85. The molecule has 0 aliphatic rings. The van der Waals surface area contributed by atoms with Crippen LogP contribution in [-0.4, -0.2) is 17.1 Å². The average molecular weight is 306 g/mol. The molecule has 114 valence electrons. The molecule has 0 spiro atoms. The average Bonchev–Trinajstić information content (AvgIpc) is 2.93. The monoisotopic (exact) mass is 306 g/mol. The van der Waals surface area contributed by atoms with Gasteiger partial charge in [0.1, 0.15) is 0 Å². The normalized spacial score (nSPS) is 13.2. The maximum absolute atomic E-state index is 5.71. The third kappa shape index (κ3) is 3.78. The summed E-state index contributed by atoms with van der Waals surface area (Å²) < 4.78 is 5.30. The second-order valence-corrected chi connectivity index (χ2v) is 6.84. The van der Waals surface area contributed by atoms with Crippen molar-refractivity contribution >= 4 is 11.3 Å². The van der Waals surface area contributed by atoms with E-state index in [0.29, 0.717) is 12.3 Å². The van der Waals surface area contributed by atoms with Crippen LogP contribution in [0.15, 0.2) is 23.7 Å². The van der Waals surface area contributed by atoms with Crippen molar-refractivity contribution in [3.05, 3.63) is 40.0 Å². The van der Waals surface area contributed by atoms with Gasteiger partial charge in [0.05, 0.1) is 23.9 Å². The van der Waals surface area contributed by atoms with Crippen LogP contribution in [0.25, 0.3) is 0 Å². The second-order valence-electron chi connectivity index (χ2n) is 5.90. The van der Waals surface area contributed by atoms with Crippen LogP contribution in [0.5, 0.6) is 5.88 Å². The van der Waals surface area contributed by atoms with E-state index in [9.17, 15) is 0 Å². The van der Waals surface area contributed by atoms with Crippen molar-refractivity contribution < 1.29 is 4.74 Å². The fourth-order valence-corrected chi connectivity index (χ4v) is 3.09. The zero-order valence-electron chi connectivity index (χ0n) is 12.9. The van der Waals surface area contributed by atoms with Gasteiger partial charge >= 0.3 is 0 Å². The number of hydrazine groups is 1. The van der Waals surface area contributed by atoms with Gasteiger partial charge in [0.25, 0.3) is 0 Å². The van der Waals surface area contributed by atoms with Crippen LogP contribution in [0.3, 0.4) is 0 Å². The second kappa shape index (κ2) is 6.51. The Bertz CT molecular complexity index is 591. The fourth-order valence-electron chi connectivity index (χ4n) is 2.02. The van der Waals surface area contributed by atoms with E-state index in [1.54, 1.807) is 24.6 Å². The van der Waals surface area contributed by atoms with Gasteiger partial charge in [-0.15, -0.1) is 11.3 Å². The lowest BCUT2D eigenvalue weighted by Gasteiger charge is -2.17. The number of methoxy groups -OCH3 is 1. The minimum absolute atomic E-state index is 0.0619. The highest BCUT2D eigenvalue weighted by Gasteiger charge is 2.21. The number of ether oxygens (including phenoxy) is 1. The number of nitrogens with zero attached hydrogens (tertiary/aromatic N) is 2. The smallest absolute Gasteiger partial charge is 0.217 e. The minimum atomic E-state index is -0.0763. The summed E-state index contributed by atoms with van der Waals surface area (Å²) in [6, 6.07) is 3.77. The zero-order valence-corrected chi connectivity index (χ0v) is 13.7. The number of rotatable bonds is 5. The highest BCUT2D eigenvalue weighted by Crippen LogP contribution is 2.28. The van der Waals surface area contributed by atoms with E-state index in [2.05, 4.69) is 36.6 Å². The van der Waals surface area contributed by atoms with Crippen LogP contribution in [0.2, 0.25) is 0 Å². The number of aromatic nitrogens is 2. The molecule has 5 nitrogen and oxygen atoms in total. The zero-order chi connectivity index (χ0) is 15.5. The first-order valence-corrected chi connectivity index (χ1v) is 7.73. The maximum atomic E-state index is 5.71. The third-order valence-electron chi connectivity index (χ3n) is 3.27. The van der Waals surface area contributed by atoms with Gasteiger partial charge in [-0.2, -0.15) is 0 Å². The van der Waals surface area contributed by atoms with Crippen molar-refractivity contribution in [3.63, 3.8) is 0 Å². The quantitative estimate of drug-likeness (QED) is 0.656.